The number of hydrogen-bond donors (Lipinski definition) is 3. The zero-order valence-electron chi connectivity index (χ0n) is 15.3. The summed E-state index contributed by atoms with van der Waals surface area (Å²) in [6.45, 7) is 5.51. The third kappa shape index (κ3) is 5.12. The normalized spacial score (nSPS) is 11.3. The molecule has 0 radical (unpaired) electrons. The van der Waals surface area contributed by atoms with Crippen molar-refractivity contribution in [3.8, 4) is 5.75 Å². The number of fused-ring (bicyclic) bond motifs is 1. The largest absolute Gasteiger partial charge is 0.505 e. The van der Waals surface area contributed by atoms with Crippen molar-refractivity contribution < 1.29 is 13.9 Å². The number of aromatic hydroxyl groups is 1. The summed E-state index contributed by atoms with van der Waals surface area (Å²) in [4.78, 5) is 4.46. The molecule has 144 valence electrons. The minimum Gasteiger partial charge on any atom is -0.505 e. The lowest BCUT2D eigenvalue weighted by Gasteiger charge is -2.10. The Morgan fingerprint density at radius 2 is 1.96 bits per heavy atom. The molecular formula is C20H23FIN3O2. The number of furan rings is 1. The topological polar surface area (TPSA) is 69.8 Å². The van der Waals surface area contributed by atoms with Crippen molar-refractivity contribution in [1.29, 1.82) is 0 Å². The minimum absolute atomic E-state index is 0. The molecule has 0 aliphatic rings. The first-order valence-electron chi connectivity index (χ1n) is 8.55. The molecule has 0 fully saturated rings. The van der Waals surface area contributed by atoms with Crippen LogP contribution in [0.5, 0.6) is 5.75 Å². The maximum absolute atomic E-state index is 13.4. The Morgan fingerprint density at radius 1 is 1.19 bits per heavy atom. The number of phenolic OH excluding ortho intramolecular Hbond substituents is 1. The molecule has 5 nitrogen and oxygen atoms in total. The summed E-state index contributed by atoms with van der Waals surface area (Å²) in [5.74, 6) is 0.463. The molecule has 0 aliphatic carbocycles. The molecule has 1 aromatic heterocycles. The van der Waals surface area contributed by atoms with Crippen LogP contribution in [0.1, 0.15) is 23.8 Å². The lowest BCUT2D eigenvalue weighted by Crippen LogP contribution is -2.36. The van der Waals surface area contributed by atoms with E-state index in [1.54, 1.807) is 6.07 Å². The minimum atomic E-state index is -0.645. The van der Waals surface area contributed by atoms with Gasteiger partial charge < -0.3 is 20.2 Å². The highest BCUT2D eigenvalue weighted by atomic mass is 127. The number of benzene rings is 2. The van der Waals surface area contributed by atoms with Crippen LogP contribution in [0, 0.1) is 12.7 Å². The second-order valence-electron chi connectivity index (χ2n) is 5.98. The maximum atomic E-state index is 13.4. The summed E-state index contributed by atoms with van der Waals surface area (Å²) in [7, 11) is 0. The Labute approximate surface area is 174 Å². The summed E-state index contributed by atoms with van der Waals surface area (Å²) < 4.78 is 19.3. The van der Waals surface area contributed by atoms with E-state index < -0.39 is 5.82 Å². The molecule has 0 saturated heterocycles. The van der Waals surface area contributed by atoms with Crippen LogP contribution in [0.2, 0.25) is 0 Å². The first-order chi connectivity index (χ1) is 12.6. The molecule has 1 heterocycles. The molecule has 2 aromatic carbocycles. The number of para-hydroxylation sites is 1. The molecule has 3 aromatic rings. The number of phenols is 1. The van der Waals surface area contributed by atoms with E-state index in [2.05, 4.69) is 15.6 Å². The summed E-state index contributed by atoms with van der Waals surface area (Å²) in [5.41, 5.74) is 2.64. The van der Waals surface area contributed by atoms with E-state index in [9.17, 15) is 9.50 Å². The second kappa shape index (κ2) is 9.59. The summed E-state index contributed by atoms with van der Waals surface area (Å²) in [5, 5.41) is 16.8. The Hall–Kier alpha value is -2.29. The standard InChI is InChI=1S/C20H22FN3O2.HI/c1-3-22-20(23-11-14-8-9-17(25)16(21)10-14)24-12-19-13(2)15-6-4-5-7-18(15)26-19;/h4-10,25H,3,11-12H2,1-2H3,(H2,22,23,24);1H. The number of halogens is 2. The molecule has 0 aliphatic heterocycles. The van der Waals surface area contributed by atoms with Gasteiger partial charge in [0.25, 0.3) is 0 Å². The van der Waals surface area contributed by atoms with Gasteiger partial charge in [-0.05, 0) is 37.6 Å². The van der Waals surface area contributed by atoms with Crippen LogP contribution in [0.25, 0.3) is 11.0 Å². The number of hydrogen-bond acceptors (Lipinski definition) is 3. The lowest BCUT2D eigenvalue weighted by atomic mass is 10.1. The molecule has 7 heteroatoms. The average molecular weight is 483 g/mol. The summed E-state index contributed by atoms with van der Waals surface area (Å²) >= 11 is 0. The Bertz CT molecular complexity index is 940. The molecule has 0 atom stereocenters. The fourth-order valence-electron chi connectivity index (χ4n) is 2.72. The van der Waals surface area contributed by atoms with Crippen LogP contribution in [0.15, 0.2) is 51.9 Å². The van der Waals surface area contributed by atoms with Crippen molar-refractivity contribution in [1.82, 2.24) is 10.6 Å². The molecule has 0 bridgehead atoms. The van der Waals surface area contributed by atoms with Crippen LogP contribution >= 0.6 is 24.0 Å². The summed E-state index contributed by atoms with van der Waals surface area (Å²) in [6, 6.07) is 12.2. The van der Waals surface area contributed by atoms with Gasteiger partial charge in [0.2, 0.25) is 0 Å². The highest BCUT2D eigenvalue weighted by Crippen LogP contribution is 2.24. The van der Waals surface area contributed by atoms with Gasteiger partial charge in [0, 0.05) is 17.5 Å². The highest BCUT2D eigenvalue weighted by Gasteiger charge is 2.10. The van der Waals surface area contributed by atoms with Crippen LogP contribution in [0.3, 0.4) is 0 Å². The van der Waals surface area contributed by atoms with Gasteiger partial charge in [-0.3, -0.25) is 0 Å². The number of aryl methyl sites for hydroxylation is 1. The van der Waals surface area contributed by atoms with Gasteiger partial charge in [-0.25, -0.2) is 9.38 Å². The highest BCUT2D eigenvalue weighted by molar-refractivity contribution is 14.0. The summed E-state index contributed by atoms with van der Waals surface area (Å²) in [6.07, 6.45) is 0. The van der Waals surface area contributed by atoms with E-state index in [4.69, 9.17) is 4.42 Å². The van der Waals surface area contributed by atoms with Crippen molar-refractivity contribution in [2.45, 2.75) is 26.9 Å². The zero-order valence-corrected chi connectivity index (χ0v) is 17.6. The molecule has 3 N–H and O–H groups in total. The number of rotatable bonds is 5. The molecule has 0 unspecified atom stereocenters. The van der Waals surface area contributed by atoms with Crippen molar-refractivity contribution in [3.05, 3.63) is 65.2 Å². The number of nitrogens with zero attached hydrogens (tertiary/aromatic N) is 1. The molecule has 3 rings (SSSR count). The number of aliphatic imine (C=N–C) groups is 1. The monoisotopic (exact) mass is 483 g/mol. The average Bonchev–Trinajstić information content (AvgIpc) is 2.96. The van der Waals surface area contributed by atoms with E-state index in [1.165, 1.54) is 12.1 Å². The molecule has 0 amide bonds. The van der Waals surface area contributed by atoms with Crippen LogP contribution in [-0.4, -0.2) is 17.6 Å². The van der Waals surface area contributed by atoms with Gasteiger partial charge in [0.05, 0.1) is 13.1 Å². The Balaban J connectivity index is 0.00000261. The van der Waals surface area contributed by atoms with Gasteiger partial charge >= 0.3 is 0 Å². The molecular weight excluding hydrogens is 460 g/mol. The van der Waals surface area contributed by atoms with Gasteiger partial charge in [-0.2, -0.15) is 0 Å². The quantitative estimate of drug-likeness (QED) is 0.285. The fraction of sp³-hybridized carbons (Fsp3) is 0.250. The first-order valence-corrected chi connectivity index (χ1v) is 8.55. The van der Waals surface area contributed by atoms with Gasteiger partial charge in [-0.15, -0.1) is 24.0 Å². The third-order valence-corrected chi connectivity index (χ3v) is 4.13. The molecule has 0 spiro atoms. The van der Waals surface area contributed by atoms with Crippen molar-refractivity contribution in [2.75, 3.05) is 6.54 Å². The van der Waals surface area contributed by atoms with E-state index >= 15 is 0 Å². The number of nitrogens with one attached hydrogen (secondary N) is 2. The van der Waals surface area contributed by atoms with E-state index in [-0.39, 0.29) is 29.7 Å². The molecule has 27 heavy (non-hydrogen) atoms. The number of guanidine groups is 1. The fourth-order valence-corrected chi connectivity index (χ4v) is 2.72. The smallest absolute Gasteiger partial charge is 0.191 e. The predicted octanol–water partition coefficient (Wildman–Crippen LogP) is 4.46. The zero-order chi connectivity index (χ0) is 18.5. The van der Waals surface area contributed by atoms with Crippen molar-refractivity contribution in [2.24, 2.45) is 4.99 Å². The maximum Gasteiger partial charge on any atom is 0.191 e. The third-order valence-electron chi connectivity index (χ3n) is 4.13. The first kappa shape index (κ1) is 21.0. The Morgan fingerprint density at radius 3 is 2.67 bits per heavy atom. The van der Waals surface area contributed by atoms with Crippen LogP contribution in [-0.2, 0) is 13.1 Å². The van der Waals surface area contributed by atoms with Crippen molar-refractivity contribution in [3.63, 3.8) is 0 Å². The van der Waals surface area contributed by atoms with Gasteiger partial charge in [-0.1, -0.05) is 24.3 Å². The van der Waals surface area contributed by atoms with Crippen LogP contribution in [0.4, 0.5) is 4.39 Å². The molecule has 0 saturated carbocycles. The Kier molecular flexibility index (Phi) is 7.46. The predicted molar refractivity (Wildman–Crippen MR) is 116 cm³/mol. The SMILES string of the molecule is CCNC(=NCc1ccc(O)c(F)c1)NCc1oc2ccccc2c1C.I. The van der Waals surface area contributed by atoms with Gasteiger partial charge in [0.15, 0.2) is 17.5 Å². The van der Waals surface area contributed by atoms with E-state index in [0.717, 1.165) is 22.3 Å². The van der Waals surface area contributed by atoms with Gasteiger partial charge in [0.1, 0.15) is 11.3 Å². The van der Waals surface area contributed by atoms with Crippen molar-refractivity contribution >= 4 is 40.9 Å². The van der Waals surface area contributed by atoms with E-state index in [1.807, 2.05) is 38.1 Å². The second-order valence-corrected chi connectivity index (χ2v) is 5.98. The van der Waals surface area contributed by atoms with E-state index in [0.29, 0.717) is 31.2 Å². The lowest BCUT2D eigenvalue weighted by molar-refractivity contribution is 0.432. The van der Waals surface area contributed by atoms with Crippen LogP contribution < -0.4 is 10.6 Å².